The summed E-state index contributed by atoms with van der Waals surface area (Å²) >= 11 is 2.18. The average Bonchev–Trinajstić information content (AvgIpc) is 3.17. The van der Waals surface area contributed by atoms with E-state index in [4.69, 9.17) is 0 Å². The lowest BCUT2D eigenvalue weighted by Gasteiger charge is -2.08. The van der Waals surface area contributed by atoms with Crippen molar-refractivity contribution in [3.8, 4) is 0 Å². The van der Waals surface area contributed by atoms with E-state index < -0.39 is 10.0 Å². The van der Waals surface area contributed by atoms with Gasteiger partial charge in [0.25, 0.3) is 10.0 Å². The van der Waals surface area contributed by atoms with Crippen LogP contribution >= 0.6 is 22.6 Å². The molecule has 0 amide bonds. The third-order valence-corrected chi connectivity index (χ3v) is 7.84. The first-order valence-electron chi connectivity index (χ1n) is 10.9. The Balaban J connectivity index is 1.38. The first kappa shape index (κ1) is 22.6. The van der Waals surface area contributed by atoms with Crippen molar-refractivity contribution in [1.29, 1.82) is 0 Å². The third kappa shape index (κ3) is 4.45. The van der Waals surface area contributed by atoms with Crippen molar-refractivity contribution >= 4 is 72.0 Å². The van der Waals surface area contributed by atoms with Crippen LogP contribution in [0.15, 0.2) is 101 Å². The maximum Gasteiger partial charge on any atom is 0.261 e. The number of hydrogen-bond donors (Lipinski definition) is 1. The van der Waals surface area contributed by atoms with Crippen LogP contribution in [0, 0.1) is 3.57 Å². The fraction of sp³-hybridized carbons (Fsp3) is 0.0741. The predicted octanol–water partition coefficient (Wildman–Crippen LogP) is 6.97. The summed E-state index contributed by atoms with van der Waals surface area (Å²) in [7, 11) is -3.66. The molecule has 0 fully saturated rings. The van der Waals surface area contributed by atoms with E-state index in [2.05, 4.69) is 86.3 Å². The molecule has 5 nitrogen and oxygen atoms in total. The molecule has 5 rings (SSSR count). The lowest BCUT2D eigenvalue weighted by molar-refractivity contribution is 0.601. The Morgan fingerprint density at radius 1 is 0.882 bits per heavy atom. The number of aromatic nitrogens is 1. The quantitative estimate of drug-likeness (QED) is 0.175. The summed E-state index contributed by atoms with van der Waals surface area (Å²) in [4.78, 5) is 4.75. The zero-order valence-corrected chi connectivity index (χ0v) is 21.4. The standard InChI is InChI=1S/C27H22IN3O2S/c1-2-31-26-6-4-3-5-24(26)25-17-19(7-16-27(25)31)18-29-21-12-14-23(15-13-21)34(32,33)30-22-10-8-20(28)9-11-22/h3-18,30H,2H2,1H3. The maximum absolute atomic E-state index is 12.7. The molecular weight excluding hydrogens is 557 g/mol. The van der Waals surface area contributed by atoms with E-state index in [0.29, 0.717) is 11.4 Å². The molecule has 0 aliphatic rings. The number of aryl methyl sites for hydroxylation is 1. The van der Waals surface area contributed by atoms with E-state index in [1.807, 2.05) is 18.3 Å². The van der Waals surface area contributed by atoms with E-state index in [1.165, 1.54) is 21.8 Å². The Morgan fingerprint density at radius 3 is 2.32 bits per heavy atom. The number of nitrogens with one attached hydrogen (secondary N) is 1. The van der Waals surface area contributed by atoms with Crippen LogP contribution in [0.5, 0.6) is 0 Å². The molecule has 0 saturated heterocycles. The fourth-order valence-electron chi connectivity index (χ4n) is 4.08. The van der Waals surface area contributed by atoms with Crippen LogP contribution in [-0.2, 0) is 16.6 Å². The van der Waals surface area contributed by atoms with Gasteiger partial charge in [-0.3, -0.25) is 9.71 Å². The molecular formula is C27H22IN3O2S. The smallest absolute Gasteiger partial charge is 0.261 e. The van der Waals surface area contributed by atoms with Gasteiger partial charge >= 0.3 is 0 Å². The number of para-hydroxylation sites is 1. The Kier molecular flexibility index (Phi) is 6.14. The van der Waals surface area contributed by atoms with Gasteiger partial charge in [-0.15, -0.1) is 0 Å². The van der Waals surface area contributed by atoms with Crippen molar-refractivity contribution in [1.82, 2.24) is 4.57 Å². The number of aliphatic imine (C=N–C) groups is 1. The largest absolute Gasteiger partial charge is 0.341 e. The number of anilines is 1. The molecule has 1 N–H and O–H groups in total. The van der Waals surface area contributed by atoms with Gasteiger partial charge in [0.1, 0.15) is 0 Å². The summed E-state index contributed by atoms with van der Waals surface area (Å²) < 4.78 is 31.3. The second-order valence-corrected chi connectivity index (χ2v) is 10.8. The Bertz CT molecular complexity index is 1620. The molecule has 7 heteroatoms. The molecule has 1 aromatic heterocycles. The van der Waals surface area contributed by atoms with Crippen molar-refractivity contribution in [2.24, 2.45) is 4.99 Å². The molecule has 0 atom stereocenters. The third-order valence-electron chi connectivity index (χ3n) is 5.72. The van der Waals surface area contributed by atoms with Crippen LogP contribution < -0.4 is 4.72 Å². The number of hydrogen-bond acceptors (Lipinski definition) is 3. The molecule has 4 aromatic carbocycles. The molecule has 0 aliphatic heterocycles. The molecule has 0 saturated carbocycles. The molecule has 0 bridgehead atoms. The van der Waals surface area contributed by atoms with E-state index in [-0.39, 0.29) is 4.90 Å². The number of fused-ring (bicyclic) bond motifs is 3. The van der Waals surface area contributed by atoms with E-state index in [0.717, 1.165) is 15.7 Å². The van der Waals surface area contributed by atoms with Crippen LogP contribution in [0.25, 0.3) is 21.8 Å². The first-order valence-corrected chi connectivity index (χ1v) is 13.4. The molecule has 0 aliphatic carbocycles. The van der Waals surface area contributed by atoms with Gasteiger partial charge in [0, 0.05) is 43.8 Å². The van der Waals surface area contributed by atoms with Crippen LogP contribution in [0.1, 0.15) is 12.5 Å². The van der Waals surface area contributed by atoms with Crippen LogP contribution in [0.3, 0.4) is 0 Å². The first-order chi connectivity index (χ1) is 16.4. The van der Waals surface area contributed by atoms with Gasteiger partial charge < -0.3 is 4.57 Å². The second kappa shape index (κ2) is 9.23. The Hall–Kier alpha value is -3.17. The minimum Gasteiger partial charge on any atom is -0.341 e. The van der Waals surface area contributed by atoms with Gasteiger partial charge in [-0.2, -0.15) is 0 Å². The maximum atomic E-state index is 12.7. The fourth-order valence-corrected chi connectivity index (χ4v) is 5.50. The summed E-state index contributed by atoms with van der Waals surface area (Å²) in [6.45, 7) is 3.06. The summed E-state index contributed by atoms with van der Waals surface area (Å²) in [5, 5.41) is 2.43. The molecule has 170 valence electrons. The number of benzene rings is 4. The summed E-state index contributed by atoms with van der Waals surface area (Å²) in [6, 6.07) is 28.5. The molecule has 0 spiro atoms. The number of sulfonamides is 1. The van der Waals surface area contributed by atoms with Crippen molar-refractivity contribution in [3.05, 3.63) is 100 Å². The number of halogens is 1. The highest BCUT2D eigenvalue weighted by molar-refractivity contribution is 14.1. The van der Waals surface area contributed by atoms with Crippen LogP contribution in [0.2, 0.25) is 0 Å². The molecule has 5 aromatic rings. The van der Waals surface area contributed by atoms with Gasteiger partial charge in [-0.25, -0.2) is 8.42 Å². The zero-order chi connectivity index (χ0) is 23.7. The van der Waals surface area contributed by atoms with E-state index >= 15 is 0 Å². The summed E-state index contributed by atoms with van der Waals surface area (Å²) in [5.74, 6) is 0. The van der Waals surface area contributed by atoms with Gasteiger partial charge in [0.15, 0.2) is 0 Å². The van der Waals surface area contributed by atoms with Crippen molar-refractivity contribution in [2.75, 3.05) is 4.72 Å². The molecule has 0 radical (unpaired) electrons. The van der Waals surface area contributed by atoms with Gasteiger partial charge in [-0.05, 0) is 102 Å². The Morgan fingerprint density at radius 2 is 1.59 bits per heavy atom. The Labute approximate surface area is 212 Å². The number of rotatable bonds is 6. The monoisotopic (exact) mass is 579 g/mol. The highest BCUT2D eigenvalue weighted by Gasteiger charge is 2.14. The van der Waals surface area contributed by atoms with Gasteiger partial charge in [0.2, 0.25) is 0 Å². The van der Waals surface area contributed by atoms with Crippen molar-refractivity contribution < 1.29 is 8.42 Å². The highest BCUT2D eigenvalue weighted by Crippen LogP contribution is 2.29. The molecule has 0 unspecified atom stereocenters. The average molecular weight is 579 g/mol. The van der Waals surface area contributed by atoms with E-state index in [9.17, 15) is 8.42 Å². The summed E-state index contributed by atoms with van der Waals surface area (Å²) in [6.07, 6.45) is 1.81. The van der Waals surface area contributed by atoms with Gasteiger partial charge in [-0.1, -0.05) is 24.3 Å². The lowest BCUT2D eigenvalue weighted by Crippen LogP contribution is -2.12. The van der Waals surface area contributed by atoms with Crippen LogP contribution in [0.4, 0.5) is 11.4 Å². The van der Waals surface area contributed by atoms with E-state index in [1.54, 1.807) is 36.4 Å². The van der Waals surface area contributed by atoms with Crippen molar-refractivity contribution in [2.45, 2.75) is 18.4 Å². The van der Waals surface area contributed by atoms with Crippen LogP contribution in [-0.4, -0.2) is 19.2 Å². The van der Waals surface area contributed by atoms with Crippen molar-refractivity contribution in [3.63, 3.8) is 0 Å². The highest BCUT2D eigenvalue weighted by atomic mass is 127. The predicted molar refractivity (Wildman–Crippen MR) is 149 cm³/mol. The topological polar surface area (TPSA) is 63.5 Å². The zero-order valence-electron chi connectivity index (χ0n) is 18.4. The molecule has 1 heterocycles. The minimum atomic E-state index is -3.66. The second-order valence-electron chi connectivity index (χ2n) is 7.90. The normalized spacial score (nSPS) is 12.1. The summed E-state index contributed by atoms with van der Waals surface area (Å²) in [5.41, 5.74) is 4.64. The number of nitrogens with zero attached hydrogens (tertiary/aromatic N) is 2. The lowest BCUT2D eigenvalue weighted by atomic mass is 10.1. The SMILES string of the molecule is CCn1c2ccccc2c2cc(C=Nc3ccc(S(=O)(=O)Nc4ccc(I)cc4)cc3)ccc21. The minimum absolute atomic E-state index is 0.193. The van der Waals surface area contributed by atoms with Gasteiger partial charge in [0.05, 0.1) is 10.6 Å². The molecule has 34 heavy (non-hydrogen) atoms.